The lowest BCUT2D eigenvalue weighted by atomic mass is 10.0. The summed E-state index contributed by atoms with van der Waals surface area (Å²) in [6, 6.07) is 12.4. The predicted octanol–water partition coefficient (Wildman–Crippen LogP) is 2.84. The van der Waals surface area contributed by atoms with Crippen LogP contribution in [0, 0.1) is 0 Å². The minimum absolute atomic E-state index is 0.0720. The van der Waals surface area contributed by atoms with Gasteiger partial charge in [0.05, 0.1) is 10.5 Å². The molecule has 2 aromatic carbocycles. The summed E-state index contributed by atoms with van der Waals surface area (Å²) in [6.45, 7) is 0.694. The van der Waals surface area contributed by atoms with Gasteiger partial charge in [-0.2, -0.15) is 17.5 Å². The molecule has 1 heterocycles. The molecule has 168 valence electrons. The van der Waals surface area contributed by atoms with Crippen LogP contribution in [0.4, 0.5) is 13.2 Å². The number of sulfonamides is 1. The summed E-state index contributed by atoms with van der Waals surface area (Å²) >= 11 is 0. The Morgan fingerprint density at radius 2 is 1.58 bits per heavy atom. The first-order chi connectivity index (χ1) is 14.5. The van der Waals surface area contributed by atoms with Crippen molar-refractivity contribution < 1.29 is 26.4 Å². The standard InChI is InChI=1S/C21H24F3N3O3S/c1-25(2)20(28)19(16-7-4-3-5-8-16)26-11-13-27(14-12-26)31(29,30)18-10-6-9-17(15-18)21(22,23)24/h3-10,15,19H,11-14H2,1-2H3. The van der Waals surface area contributed by atoms with Crippen LogP contribution in [0.1, 0.15) is 17.2 Å². The van der Waals surface area contributed by atoms with Crippen molar-refractivity contribution in [2.45, 2.75) is 17.1 Å². The molecule has 1 amide bonds. The molecule has 1 aliphatic rings. The van der Waals surface area contributed by atoms with Gasteiger partial charge in [0.15, 0.2) is 0 Å². The van der Waals surface area contributed by atoms with Gasteiger partial charge in [0.25, 0.3) is 0 Å². The third-order valence-electron chi connectivity index (χ3n) is 5.23. The number of carbonyl (C=O) groups is 1. The number of rotatable bonds is 5. The molecule has 1 fully saturated rings. The fraction of sp³-hybridized carbons (Fsp3) is 0.381. The maximum Gasteiger partial charge on any atom is 0.416 e. The molecule has 1 unspecified atom stereocenters. The van der Waals surface area contributed by atoms with Gasteiger partial charge in [-0.05, 0) is 23.8 Å². The molecule has 1 aliphatic heterocycles. The summed E-state index contributed by atoms with van der Waals surface area (Å²) in [6.07, 6.45) is -4.63. The molecule has 1 saturated heterocycles. The first kappa shape index (κ1) is 23.2. The molecule has 6 nitrogen and oxygen atoms in total. The highest BCUT2D eigenvalue weighted by Crippen LogP contribution is 2.32. The number of alkyl halides is 3. The number of piperazine rings is 1. The Kier molecular flexibility index (Phi) is 6.73. The minimum Gasteiger partial charge on any atom is -0.347 e. The van der Waals surface area contributed by atoms with Gasteiger partial charge < -0.3 is 4.90 Å². The molecule has 3 rings (SSSR count). The number of carbonyl (C=O) groups excluding carboxylic acids is 1. The number of amides is 1. The van der Waals surface area contributed by atoms with Gasteiger partial charge in [0, 0.05) is 40.3 Å². The van der Waals surface area contributed by atoms with Crippen molar-refractivity contribution in [3.8, 4) is 0 Å². The largest absolute Gasteiger partial charge is 0.416 e. The lowest BCUT2D eigenvalue weighted by Crippen LogP contribution is -2.52. The number of hydrogen-bond acceptors (Lipinski definition) is 4. The minimum atomic E-state index is -4.63. The van der Waals surface area contributed by atoms with Crippen LogP contribution >= 0.6 is 0 Å². The molecule has 0 bridgehead atoms. The maximum absolute atomic E-state index is 13.0. The zero-order chi connectivity index (χ0) is 22.8. The van der Waals surface area contributed by atoms with Crippen molar-refractivity contribution in [2.24, 2.45) is 0 Å². The van der Waals surface area contributed by atoms with Crippen LogP contribution in [0.2, 0.25) is 0 Å². The lowest BCUT2D eigenvalue weighted by Gasteiger charge is -2.39. The fourth-order valence-corrected chi connectivity index (χ4v) is 5.04. The second kappa shape index (κ2) is 8.97. The molecular formula is C21H24F3N3O3S. The van der Waals surface area contributed by atoms with Crippen molar-refractivity contribution in [1.29, 1.82) is 0 Å². The average molecular weight is 456 g/mol. The molecule has 0 radical (unpaired) electrons. The van der Waals surface area contributed by atoms with E-state index in [4.69, 9.17) is 0 Å². The Hall–Kier alpha value is -2.43. The Bertz CT molecular complexity index is 1020. The highest BCUT2D eigenvalue weighted by atomic mass is 32.2. The van der Waals surface area contributed by atoms with Gasteiger partial charge in [-0.3, -0.25) is 9.69 Å². The molecule has 1 atom stereocenters. The first-order valence-electron chi connectivity index (χ1n) is 9.69. The number of likely N-dealkylation sites (N-methyl/N-ethyl adjacent to an activating group) is 1. The Morgan fingerprint density at radius 1 is 0.968 bits per heavy atom. The van der Waals surface area contributed by atoms with E-state index >= 15 is 0 Å². The molecule has 10 heteroatoms. The smallest absolute Gasteiger partial charge is 0.347 e. The fourth-order valence-electron chi connectivity index (χ4n) is 3.57. The van der Waals surface area contributed by atoms with Crippen LogP contribution in [0.15, 0.2) is 59.5 Å². The van der Waals surface area contributed by atoms with Gasteiger partial charge in [0.2, 0.25) is 15.9 Å². The van der Waals surface area contributed by atoms with E-state index in [1.54, 1.807) is 14.1 Å². The van der Waals surface area contributed by atoms with Crippen molar-refractivity contribution in [1.82, 2.24) is 14.1 Å². The second-order valence-corrected chi connectivity index (χ2v) is 9.45. The van der Waals surface area contributed by atoms with Crippen LogP contribution in [-0.4, -0.2) is 68.7 Å². The zero-order valence-electron chi connectivity index (χ0n) is 17.2. The summed E-state index contributed by atoms with van der Waals surface area (Å²) in [5.41, 5.74) is -0.205. The zero-order valence-corrected chi connectivity index (χ0v) is 18.0. The van der Waals surface area contributed by atoms with E-state index in [-0.39, 0.29) is 37.0 Å². The van der Waals surface area contributed by atoms with E-state index in [0.29, 0.717) is 6.07 Å². The molecular weight excluding hydrogens is 431 g/mol. The van der Waals surface area contributed by atoms with Crippen molar-refractivity contribution >= 4 is 15.9 Å². The van der Waals surface area contributed by atoms with E-state index in [1.807, 2.05) is 35.2 Å². The van der Waals surface area contributed by atoms with Crippen LogP contribution in [0.25, 0.3) is 0 Å². The molecule has 0 N–H and O–H groups in total. The van der Waals surface area contributed by atoms with Crippen molar-refractivity contribution in [2.75, 3.05) is 40.3 Å². The third-order valence-corrected chi connectivity index (χ3v) is 7.12. The lowest BCUT2D eigenvalue weighted by molar-refractivity contribution is -0.137. The van der Waals surface area contributed by atoms with E-state index in [0.717, 1.165) is 17.7 Å². The van der Waals surface area contributed by atoms with Crippen LogP contribution in [-0.2, 0) is 21.0 Å². The van der Waals surface area contributed by atoms with Gasteiger partial charge in [-0.25, -0.2) is 8.42 Å². The Morgan fingerprint density at radius 3 is 2.13 bits per heavy atom. The predicted molar refractivity (Wildman–Crippen MR) is 110 cm³/mol. The second-order valence-electron chi connectivity index (χ2n) is 7.51. The monoisotopic (exact) mass is 455 g/mol. The summed E-state index contributed by atoms with van der Waals surface area (Å²) < 4.78 is 66.0. The summed E-state index contributed by atoms with van der Waals surface area (Å²) in [7, 11) is -0.765. The normalized spacial score (nSPS) is 17.3. The van der Waals surface area contributed by atoms with Crippen LogP contribution < -0.4 is 0 Å². The summed E-state index contributed by atoms with van der Waals surface area (Å²) in [4.78, 5) is 15.8. The molecule has 0 aromatic heterocycles. The molecule has 2 aromatic rings. The van der Waals surface area contributed by atoms with Gasteiger partial charge in [0.1, 0.15) is 6.04 Å². The SMILES string of the molecule is CN(C)C(=O)C(c1ccccc1)N1CCN(S(=O)(=O)c2cccc(C(F)(F)F)c2)CC1. The van der Waals surface area contributed by atoms with E-state index in [1.165, 1.54) is 15.3 Å². The topological polar surface area (TPSA) is 60.9 Å². The van der Waals surface area contributed by atoms with Gasteiger partial charge in [-0.15, -0.1) is 0 Å². The van der Waals surface area contributed by atoms with Crippen molar-refractivity contribution in [3.63, 3.8) is 0 Å². The molecule has 31 heavy (non-hydrogen) atoms. The number of hydrogen-bond donors (Lipinski definition) is 0. The first-order valence-corrected chi connectivity index (χ1v) is 11.1. The van der Waals surface area contributed by atoms with Crippen molar-refractivity contribution in [3.05, 3.63) is 65.7 Å². The molecule has 0 spiro atoms. The van der Waals surface area contributed by atoms with Gasteiger partial charge >= 0.3 is 6.18 Å². The Balaban J connectivity index is 1.79. The van der Waals surface area contributed by atoms with Gasteiger partial charge in [-0.1, -0.05) is 36.4 Å². The quantitative estimate of drug-likeness (QED) is 0.696. The highest BCUT2D eigenvalue weighted by Gasteiger charge is 2.36. The van der Waals surface area contributed by atoms with E-state index < -0.39 is 27.8 Å². The van der Waals surface area contributed by atoms with Crippen LogP contribution in [0.3, 0.4) is 0 Å². The van der Waals surface area contributed by atoms with E-state index in [9.17, 15) is 26.4 Å². The summed E-state index contributed by atoms with van der Waals surface area (Å²) in [5, 5.41) is 0. The average Bonchev–Trinajstić information content (AvgIpc) is 2.74. The number of halogens is 3. The molecule has 0 aliphatic carbocycles. The van der Waals surface area contributed by atoms with Crippen LogP contribution in [0.5, 0.6) is 0 Å². The molecule has 0 saturated carbocycles. The number of nitrogens with zero attached hydrogens (tertiary/aromatic N) is 3. The van der Waals surface area contributed by atoms with E-state index in [2.05, 4.69) is 0 Å². The summed E-state index contributed by atoms with van der Waals surface area (Å²) in [5.74, 6) is -0.125. The third kappa shape index (κ3) is 5.08. The maximum atomic E-state index is 13.0. The highest BCUT2D eigenvalue weighted by molar-refractivity contribution is 7.89. The number of benzene rings is 2. The Labute approximate surface area is 179 Å².